The summed E-state index contributed by atoms with van der Waals surface area (Å²) >= 11 is 6.71. The van der Waals surface area contributed by atoms with Crippen molar-refractivity contribution in [3.05, 3.63) is 61.5 Å². The molecule has 3 rings (SSSR count). The maximum Gasteiger partial charge on any atom is 0.328 e. The smallest absolute Gasteiger partial charge is 0.328 e. The number of urea groups is 1. The summed E-state index contributed by atoms with van der Waals surface area (Å²) < 4.78 is 6.84. The minimum Gasteiger partial charge on any atom is -0.482 e. The molecule has 3 N–H and O–H groups in total. The molecule has 1 fully saturated rings. The summed E-state index contributed by atoms with van der Waals surface area (Å²) in [4.78, 5) is 47.7. The minimum absolute atomic E-state index is 0.254. The van der Waals surface area contributed by atoms with Crippen molar-refractivity contribution in [1.29, 1.82) is 0 Å². The lowest BCUT2D eigenvalue weighted by Gasteiger charge is -2.16. The van der Waals surface area contributed by atoms with Gasteiger partial charge in [0.15, 0.2) is 6.61 Å². The van der Waals surface area contributed by atoms with Crippen molar-refractivity contribution in [3.63, 3.8) is 0 Å². The molecule has 2 aromatic carbocycles. The zero-order chi connectivity index (χ0) is 22.7. The van der Waals surface area contributed by atoms with Crippen LogP contribution in [0.25, 0.3) is 6.08 Å². The number of barbiturate groups is 1. The fourth-order valence-electron chi connectivity index (χ4n) is 2.88. The van der Waals surface area contributed by atoms with E-state index in [2.05, 4.69) is 37.2 Å². The molecule has 0 aliphatic carbocycles. The van der Waals surface area contributed by atoms with Crippen molar-refractivity contribution in [2.75, 3.05) is 11.9 Å². The first-order chi connectivity index (χ1) is 14.6. The summed E-state index contributed by atoms with van der Waals surface area (Å²) in [6.45, 7) is 3.55. The molecule has 31 heavy (non-hydrogen) atoms. The van der Waals surface area contributed by atoms with Crippen LogP contribution in [-0.2, 0) is 14.4 Å². The Hall–Kier alpha value is -2.98. The van der Waals surface area contributed by atoms with E-state index in [1.165, 1.54) is 6.08 Å². The van der Waals surface area contributed by atoms with Crippen LogP contribution < -0.4 is 20.7 Å². The topological polar surface area (TPSA) is 114 Å². The maximum absolute atomic E-state index is 12.4. The average Bonchev–Trinajstić information content (AvgIpc) is 2.66. The standard InChI is InChI=1S/C21H17Br2N3O5/c1-10-3-4-16(11(2)5-10)24-17(27)9-31-18-12(6-13(22)8-15(18)23)7-14-19(28)25-21(30)26-20(14)29/h3-8H,9H2,1-2H3,(H,24,27)(H2,25,26,28,29,30). The second-order valence-corrected chi connectivity index (χ2v) is 8.53. The van der Waals surface area contributed by atoms with Gasteiger partial charge in [0.25, 0.3) is 17.7 Å². The first kappa shape index (κ1) is 22.7. The van der Waals surface area contributed by atoms with Gasteiger partial charge in [0.1, 0.15) is 11.3 Å². The Morgan fingerprint density at radius 2 is 1.74 bits per heavy atom. The van der Waals surface area contributed by atoms with Crippen LogP contribution in [0.1, 0.15) is 16.7 Å². The zero-order valence-electron chi connectivity index (χ0n) is 16.5. The predicted octanol–water partition coefficient (Wildman–Crippen LogP) is 3.60. The number of hydrogen-bond donors (Lipinski definition) is 3. The minimum atomic E-state index is -0.887. The van der Waals surface area contributed by atoms with Gasteiger partial charge < -0.3 is 10.1 Å². The highest BCUT2D eigenvalue weighted by Gasteiger charge is 2.28. The summed E-state index contributed by atoms with van der Waals surface area (Å²) in [6.07, 6.45) is 1.28. The van der Waals surface area contributed by atoms with E-state index in [0.29, 0.717) is 20.2 Å². The van der Waals surface area contributed by atoms with Crippen LogP contribution in [0.2, 0.25) is 0 Å². The van der Waals surface area contributed by atoms with Gasteiger partial charge in [-0.25, -0.2) is 4.79 Å². The van der Waals surface area contributed by atoms with Gasteiger partial charge in [0.05, 0.1) is 4.47 Å². The Bertz CT molecular complexity index is 1120. The predicted molar refractivity (Wildman–Crippen MR) is 122 cm³/mol. The third-order valence-electron chi connectivity index (χ3n) is 4.28. The van der Waals surface area contributed by atoms with E-state index in [-0.39, 0.29) is 23.8 Å². The third-order valence-corrected chi connectivity index (χ3v) is 5.33. The number of anilines is 1. The highest BCUT2D eigenvalue weighted by Crippen LogP contribution is 2.34. The molecule has 8 nitrogen and oxygen atoms in total. The van der Waals surface area contributed by atoms with Gasteiger partial charge in [-0.15, -0.1) is 0 Å². The van der Waals surface area contributed by atoms with E-state index in [1.807, 2.05) is 42.7 Å². The molecule has 0 unspecified atom stereocenters. The molecule has 0 bridgehead atoms. The lowest BCUT2D eigenvalue weighted by atomic mass is 10.1. The number of nitrogens with one attached hydrogen (secondary N) is 3. The molecule has 2 aromatic rings. The van der Waals surface area contributed by atoms with Crippen molar-refractivity contribution < 1.29 is 23.9 Å². The second-order valence-electron chi connectivity index (χ2n) is 6.76. The van der Waals surface area contributed by atoms with Gasteiger partial charge in [0, 0.05) is 15.7 Å². The van der Waals surface area contributed by atoms with Gasteiger partial charge in [-0.3, -0.25) is 25.0 Å². The molecule has 5 amide bonds. The van der Waals surface area contributed by atoms with E-state index in [4.69, 9.17) is 4.74 Å². The molecule has 0 spiro atoms. The van der Waals surface area contributed by atoms with Crippen LogP contribution in [0.5, 0.6) is 5.75 Å². The largest absolute Gasteiger partial charge is 0.482 e. The van der Waals surface area contributed by atoms with Crippen LogP contribution in [-0.4, -0.2) is 30.4 Å². The first-order valence-corrected chi connectivity index (χ1v) is 10.6. The monoisotopic (exact) mass is 549 g/mol. The van der Waals surface area contributed by atoms with Crippen molar-refractivity contribution in [2.45, 2.75) is 13.8 Å². The number of hydrogen-bond acceptors (Lipinski definition) is 5. The van der Waals surface area contributed by atoms with Crippen molar-refractivity contribution in [3.8, 4) is 5.75 Å². The second kappa shape index (κ2) is 9.44. The van der Waals surface area contributed by atoms with Gasteiger partial charge >= 0.3 is 6.03 Å². The van der Waals surface area contributed by atoms with Crippen molar-refractivity contribution >= 4 is 67.4 Å². The number of carbonyl (C=O) groups is 4. The molecule has 1 heterocycles. The van der Waals surface area contributed by atoms with Crippen LogP contribution in [0.15, 0.2) is 44.9 Å². The Kier molecular flexibility index (Phi) is 6.91. The van der Waals surface area contributed by atoms with Gasteiger partial charge in [0.2, 0.25) is 0 Å². The lowest BCUT2D eigenvalue weighted by Crippen LogP contribution is -2.51. The van der Waals surface area contributed by atoms with E-state index >= 15 is 0 Å². The molecule has 0 atom stereocenters. The van der Waals surface area contributed by atoms with Crippen LogP contribution in [0.3, 0.4) is 0 Å². The number of rotatable bonds is 5. The van der Waals surface area contributed by atoms with E-state index in [0.717, 1.165) is 11.1 Å². The molecule has 0 radical (unpaired) electrons. The maximum atomic E-state index is 12.4. The number of halogens is 2. The number of ether oxygens (including phenoxy) is 1. The Morgan fingerprint density at radius 1 is 1.06 bits per heavy atom. The molecular formula is C21H17Br2N3O5. The summed E-state index contributed by atoms with van der Waals surface area (Å²) in [6, 6.07) is 8.09. The Morgan fingerprint density at radius 3 is 2.39 bits per heavy atom. The number of imide groups is 2. The molecule has 1 saturated heterocycles. The summed E-state index contributed by atoms with van der Waals surface area (Å²) in [5.74, 6) is -1.78. The Labute approximate surface area is 194 Å². The zero-order valence-corrected chi connectivity index (χ0v) is 19.6. The van der Waals surface area contributed by atoms with E-state index in [9.17, 15) is 19.2 Å². The van der Waals surface area contributed by atoms with Gasteiger partial charge in [-0.05, 0) is 59.6 Å². The fourth-order valence-corrected chi connectivity index (χ4v) is 4.25. The molecule has 0 saturated carbocycles. The molecule has 160 valence electrons. The molecule has 0 aromatic heterocycles. The molecule has 1 aliphatic rings. The van der Waals surface area contributed by atoms with Gasteiger partial charge in [-0.1, -0.05) is 33.6 Å². The normalized spacial score (nSPS) is 13.4. The van der Waals surface area contributed by atoms with Crippen LogP contribution in [0.4, 0.5) is 10.5 Å². The quantitative estimate of drug-likeness (QED) is 0.389. The number of aryl methyl sites for hydroxylation is 2. The third kappa shape index (κ3) is 5.59. The molecular weight excluding hydrogens is 534 g/mol. The van der Waals surface area contributed by atoms with Crippen molar-refractivity contribution in [2.24, 2.45) is 0 Å². The fraction of sp³-hybridized carbons (Fsp3) is 0.143. The van der Waals surface area contributed by atoms with Gasteiger partial charge in [-0.2, -0.15) is 0 Å². The van der Waals surface area contributed by atoms with E-state index < -0.39 is 17.8 Å². The first-order valence-electron chi connectivity index (χ1n) is 9.01. The number of carbonyl (C=O) groups excluding carboxylic acids is 4. The number of benzene rings is 2. The van der Waals surface area contributed by atoms with Crippen molar-refractivity contribution in [1.82, 2.24) is 10.6 Å². The SMILES string of the molecule is Cc1ccc(NC(=O)COc2c(Br)cc(Br)cc2C=C2C(=O)NC(=O)NC2=O)c(C)c1. The highest BCUT2D eigenvalue weighted by molar-refractivity contribution is 9.11. The number of amides is 5. The van der Waals surface area contributed by atoms with E-state index in [1.54, 1.807) is 12.1 Å². The Balaban J connectivity index is 1.82. The summed E-state index contributed by atoms with van der Waals surface area (Å²) in [7, 11) is 0. The van der Waals surface area contributed by atoms with Crippen LogP contribution >= 0.6 is 31.9 Å². The summed E-state index contributed by atoms with van der Waals surface area (Å²) in [5.41, 5.74) is 2.77. The summed E-state index contributed by atoms with van der Waals surface area (Å²) in [5, 5.41) is 6.81. The van der Waals surface area contributed by atoms with Crippen LogP contribution in [0, 0.1) is 13.8 Å². The molecule has 1 aliphatic heterocycles. The lowest BCUT2D eigenvalue weighted by molar-refractivity contribution is -0.124. The highest BCUT2D eigenvalue weighted by atomic mass is 79.9. The molecule has 10 heteroatoms. The average molecular weight is 551 g/mol.